The quantitative estimate of drug-likeness (QED) is 0.712. The highest BCUT2D eigenvalue weighted by atomic mass is 16.4. The summed E-state index contributed by atoms with van der Waals surface area (Å²) in [6, 6.07) is 3.64. The number of carboxylic acids is 2. The topological polar surface area (TPSA) is 99.5 Å². The molecule has 3 N–H and O–H groups in total. The van der Waals surface area contributed by atoms with Crippen LogP contribution in [-0.2, 0) is 4.79 Å². The van der Waals surface area contributed by atoms with Crippen molar-refractivity contribution >= 4 is 17.8 Å². The number of hydrogen-bond donors (Lipinski definition) is 3. The monoisotopic (exact) mass is 252 g/mol. The van der Waals surface area contributed by atoms with Crippen molar-refractivity contribution in [3.05, 3.63) is 23.9 Å². The Morgan fingerprint density at radius 2 is 2.00 bits per heavy atom. The van der Waals surface area contributed by atoms with Gasteiger partial charge in [0.25, 0.3) is 0 Å². The molecule has 0 aliphatic heterocycles. The summed E-state index contributed by atoms with van der Waals surface area (Å²) in [5, 5.41) is 20.6. The van der Waals surface area contributed by atoms with Crippen molar-refractivity contribution in [1.29, 1.82) is 0 Å². The molecule has 6 heteroatoms. The molecule has 1 aromatic heterocycles. The number of rotatable bonds is 6. The Morgan fingerprint density at radius 3 is 2.50 bits per heavy atom. The molecule has 0 fully saturated rings. The third kappa shape index (κ3) is 4.04. The zero-order valence-electron chi connectivity index (χ0n) is 10.3. The Morgan fingerprint density at radius 1 is 1.33 bits per heavy atom. The van der Waals surface area contributed by atoms with E-state index < -0.39 is 18.0 Å². The summed E-state index contributed by atoms with van der Waals surface area (Å²) in [6.07, 6.45) is 0.439. The highest BCUT2D eigenvalue weighted by Gasteiger charge is 2.19. The van der Waals surface area contributed by atoms with Gasteiger partial charge in [0.05, 0.1) is 0 Å². The lowest BCUT2D eigenvalue weighted by Crippen LogP contribution is -2.31. The third-order valence-corrected chi connectivity index (χ3v) is 2.30. The largest absolute Gasteiger partial charge is 0.480 e. The van der Waals surface area contributed by atoms with Gasteiger partial charge >= 0.3 is 11.9 Å². The molecular formula is C12H16N2O4. The standard InChI is InChI=1S/C12H16N2O4/c1-7(2)6-9(12(17)18)14-10-5-3-4-8(13-10)11(15)16/h3-5,7,9H,6H2,1-2H3,(H,13,14)(H,15,16)(H,17,18). The molecule has 0 aliphatic rings. The van der Waals surface area contributed by atoms with Crippen LogP contribution >= 0.6 is 0 Å². The number of carboxylic acid groups (broad SMARTS) is 2. The molecule has 0 saturated heterocycles. The van der Waals surface area contributed by atoms with Gasteiger partial charge in [-0.25, -0.2) is 14.6 Å². The molecule has 1 rings (SSSR count). The van der Waals surface area contributed by atoms with Gasteiger partial charge in [-0.2, -0.15) is 0 Å². The van der Waals surface area contributed by atoms with Crippen molar-refractivity contribution in [2.24, 2.45) is 5.92 Å². The summed E-state index contributed by atoms with van der Waals surface area (Å²) in [5.74, 6) is -1.66. The molecule has 1 heterocycles. The molecule has 0 spiro atoms. The molecule has 1 aromatic rings. The number of pyridine rings is 1. The maximum absolute atomic E-state index is 11.1. The van der Waals surface area contributed by atoms with Crippen molar-refractivity contribution in [1.82, 2.24) is 4.98 Å². The Balaban J connectivity index is 2.83. The predicted molar refractivity (Wildman–Crippen MR) is 65.7 cm³/mol. The maximum Gasteiger partial charge on any atom is 0.354 e. The van der Waals surface area contributed by atoms with E-state index in [1.165, 1.54) is 12.1 Å². The van der Waals surface area contributed by atoms with Crippen molar-refractivity contribution < 1.29 is 19.8 Å². The SMILES string of the molecule is CC(C)CC(Nc1cccc(C(=O)O)n1)C(=O)O. The van der Waals surface area contributed by atoms with Gasteiger partial charge in [-0.15, -0.1) is 0 Å². The van der Waals surface area contributed by atoms with Crippen LogP contribution in [0.3, 0.4) is 0 Å². The van der Waals surface area contributed by atoms with E-state index in [-0.39, 0.29) is 17.4 Å². The van der Waals surface area contributed by atoms with Crippen LogP contribution in [0.4, 0.5) is 5.82 Å². The smallest absolute Gasteiger partial charge is 0.354 e. The van der Waals surface area contributed by atoms with Crippen molar-refractivity contribution in [3.8, 4) is 0 Å². The molecule has 18 heavy (non-hydrogen) atoms. The van der Waals surface area contributed by atoms with Crippen LogP contribution in [0.2, 0.25) is 0 Å². The molecule has 1 unspecified atom stereocenters. The average molecular weight is 252 g/mol. The highest BCUT2D eigenvalue weighted by molar-refractivity contribution is 5.86. The average Bonchev–Trinajstić information content (AvgIpc) is 2.27. The third-order valence-electron chi connectivity index (χ3n) is 2.30. The summed E-state index contributed by atoms with van der Waals surface area (Å²) in [5.41, 5.74) is -0.117. The fourth-order valence-corrected chi connectivity index (χ4v) is 1.51. The number of aromatic nitrogens is 1. The van der Waals surface area contributed by atoms with Crippen LogP contribution in [0.1, 0.15) is 30.8 Å². The second-order valence-corrected chi connectivity index (χ2v) is 4.38. The summed E-state index contributed by atoms with van der Waals surface area (Å²) >= 11 is 0. The van der Waals surface area contributed by atoms with Crippen molar-refractivity contribution in [2.45, 2.75) is 26.3 Å². The van der Waals surface area contributed by atoms with E-state index in [0.29, 0.717) is 6.42 Å². The minimum atomic E-state index is -1.14. The summed E-state index contributed by atoms with van der Waals surface area (Å²) in [6.45, 7) is 3.83. The first-order valence-corrected chi connectivity index (χ1v) is 5.60. The normalized spacial score (nSPS) is 12.2. The highest BCUT2D eigenvalue weighted by Crippen LogP contribution is 2.12. The fourth-order valence-electron chi connectivity index (χ4n) is 1.51. The number of carbonyl (C=O) groups is 2. The van der Waals surface area contributed by atoms with E-state index in [9.17, 15) is 9.59 Å². The lowest BCUT2D eigenvalue weighted by atomic mass is 10.0. The zero-order valence-corrected chi connectivity index (χ0v) is 10.3. The fraction of sp³-hybridized carbons (Fsp3) is 0.417. The van der Waals surface area contributed by atoms with E-state index in [4.69, 9.17) is 10.2 Å². The lowest BCUT2D eigenvalue weighted by molar-refractivity contribution is -0.138. The number of hydrogen-bond acceptors (Lipinski definition) is 4. The summed E-state index contributed by atoms with van der Waals surface area (Å²) in [7, 11) is 0. The van der Waals surface area contributed by atoms with Gasteiger partial charge in [0.2, 0.25) is 0 Å². The number of aliphatic carboxylic acids is 1. The van der Waals surface area contributed by atoms with Crippen molar-refractivity contribution in [2.75, 3.05) is 5.32 Å². The van der Waals surface area contributed by atoms with Crippen LogP contribution in [0.15, 0.2) is 18.2 Å². The summed E-state index contributed by atoms with van der Waals surface area (Å²) in [4.78, 5) is 25.6. The van der Waals surface area contributed by atoms with Crippen LogP contribution in [-0.4, -0.2) is 33.2 Å². The minimum absolute atomic E-state index is 0.117. The lowest BCUT2D eigenvalue weighted by Gasteiger charge is -2.17. The molecule has 0 saturated carbocycles. The molecule has 0 aromatic carbocycles. The van der Waals surface area contributed by atoms with Gasteiger partial charge in [-0.05, 0) is 24.5 Å². The van der Waals surface area contributed by atoms with Crippen molar-refractivity contribution in [3.63, 3.8) is 0 Å². The molecule has 1 atom stereocenters. The van der Waals surface area contributed by atoms with Crippen LogP contribution in [0, 0.1) is 5.92 Å². The van der Waals surface area contributed by atoms with Gasteiger partial charge in [0.1, 0.15) is 11.9 Å². The van der Waals surface area contributed by atoms with Gasteiger partial charge in [0.15, 0.2) is 5.69 Å². The van der Waals surface area contributed by atoms with Gasteiger partial charge in [-0.3, -0.25) is 0 Å². The number of anilines is 1. The Kier molecular flexibility index (Phi) is 4.65. The molecule has 0 aliphatic carbocycles. The van der Waals surface area contributed by atoms with E-state index >= 15 is 0 Å². The number of aromatic carboxylic acids is 1. The first kappa shape index (κ1) is 14.0. The van der Waals surface area contributed by atoms with Crippen LogP contribution < -0.4 is 5.32 Å². The van der Waals surface area contributed by atoms with Gasteiger partial charge in [0, 0.05) is 0 Å². The Hall–Kier alpha value is -2.11. The maximum atomic E-state index is 11.1. The van der Waals surface area contributed by atoms with Crippen LogP contribution in [0.25, 0.3) is 0 Å². The van der Waals surface area contributed by atoms with E-state index in [1.54, 1.807) is 6.07 Å². The number of nitrogens with one attached hydrogen (secondary N) is 1. The first-order chi connectivity index (χ1) is 8.40. The van der Waals surface area contributed by atoms with Crippen LogP contribution in [0.5, 0.6) is 0 Å². The molecule has 0 bridgehead atoms. The van der Waals surface area contributed by atoms with E-state index in [1.807, 2.05) is 13.8 Å². The van der Waals surface area contributed by atoms with Gasteiger partial charge < -0.3 is 15.5 Å². The molecule has 6 nitrogen and oxygen atoms in total. The predicted octanol–water partition coefficient (Wildman–Crippen LogP) is 1.69. The molecule has 0 radical (unpaired) electrons. The molecule has 98 valence electrons. The Labute approximate surface area is 105 Å². The van der Waals surface area contributed by atoms with E-state index in [0.717, 1.165) is 0 Å². The van der Waals surface area contributed by atoms with Gasteiger partial charge in [-0.1, -0.05) is 19.9 Å². The van der Waals surface area contributed by atoms with E-state index in [2.05, 4.69) is 10.3 Å². The second-order valence-electron chi connectivity index (χ2n) is 4.38. The zero-order chi connectivity index (χ0) is 13.7. The minimum Gasteiger partial charge on any atom is -0.480 e. The second kappa shape index (κ2) is 6.00. The number of nitrogens with zero attached hydrogens (tertiary/aromatic N) is 1. The molecular weight excluding hydrogens is 236 g/mol. The first-order valence-electron chi connectivity index (χ1n) is 5.60. The summed E-state index contributed by atoms with van der Waals surface area (Å²) < 4.78 is 0. The Bertz CT molecular complexity index is 445. The molecule has 0 amide bonds.